The van der Waals surface area contributed by atoms with Crippen LogP contribution >= 0.6 is 11.8 Å². The zero-order valence-corrected chi connectivity index (χ0v) is 6.99. The molecule has 0 heterocycles. The first-order valence-electron chi connectivity index (χ1n) is 3.34. The Balaban J connectivity index is 2.89. The van der Waals surface area contributed by atoms with Gasteiger partial charge in [0.2, 0.25) is 0 Å². The number of aromatic hydroxyl groups is 1. The van der Waals surface area contributed by atoms with E-state index in [9.17, 15) is 4.39 Å². The molecule has 1 aromatic rings. The van der Waals surface area contributed by atoms with Crippen LogP contribution in [-0.2, 0) is 0 Å². The van der Waals surface area contributed by atoms with E-state index >= 15 is 0 Å². The zero-order valence-electron chi connectivity index (χ0n) is 6.17. The summed E-state index contributed by atoms with van der Waals surface area (Å²) in [6.45, 7) is 1.98. The van der Waals surface area contributed by atoms with Crippen molar-refractivity contribution in [3.63, 3.8) is 0 Å². The van der Waals surface area contributed by atoms with Gasteiger partial charge in [0.25, 0.3) is 0 Å². The third-order valence-electron chi connectivity index (χ3n) is 1.17. The summed E-state index contributed by atoms with van der Waals surface area (Å²) in [5, 5.41) is 8.97. The van der Waals surface area contributed by atoms with E-state index in [1.165, 1.54) is 17.8 Å². The van der Waals surface area contributed by atoms with E-state index in [4.69, 9.17) is 5.11 Å². The van der Waals surface area contributed by atoms with Crippen molar-refractivity contribution in [2.75, 3.05) is 5.75 Å². The van der Waals surface area contributed by atoms with E-state index in [1.54, 1.807) is 6.07 Å². The van der Waals surface area contributed by atoms with Crippen LogP contribution in [0.5, 0.6) is 5.75 Å². The molecule has 1 N–H and O–H groups in total. The topological polar surface area (TPSA) is 20.2 Å². The second-order valence-electron chi connectivity index (χ2n) is 2.08. The zero-order chi connectivity index (χ0) is 8.27. The van der Waals surface area contributed by atoms with Gasteiger partial charge in [0.1, 0.15) is 11.6 Å². The molecule has 0 radical (unpaired) electrons. The molecular formula is C8H9FOS. The van der Waals surface area contributed by atoms with Crippen LogP contribution in [0.3, 0.4) is 0 Å². The standard InChI is InChI=1S/C8H9FOS/c1-2-11-8-4-6(9)3-7(10)5-8/h3-5,10H,2H2,1H3. The van der Waals surface area contributed by atoms with Crippen molar-refractivity contribution in [3.05, 3.63) is 24.0 Å². The summed E-state index contributed by atoms with van der Waals surface area (Å²) in [6.07, 6.45) is 0. The minimum absolute atomic E-state index is 0.0130. The molecule has 1 rings (SSSR count). The number of phenolic OH excluding ortho intramolecular Hbond substituents is 1. The maximum atomic E-state index is 12.6. The predicted octanol–water partition coefficient (Wildman–Crippen LogP) is 2.64. The second-order valence-corrected chi connectivity index (χ2v) is 3.42. The third kappa shape index (κ3) is 2.42. The molecule has 1 nitrogen and oxygen atoms in total. The number of benzene rings is 1. The van der Waals surface area contributed by atoms with Crippen LogP contribution in [0.1, 0.15) is 6.92 Å². The molecule has 0 atom stereocenters. The average molecular weight is 172 g/mol. The van der Waals surface area contributed by atoms with Gasteiger partial charge in [0, 0.05) is 11.0 Å². The van der Waals surface area contributed by atoms with Gasteiger partial charge in [-0.2, -0.15) is 0 Å². The lowest BCUT2D eigenvalue weighted by Crippen LogP contribution is -1.77. The van der Waals surface area contributed by atoms with E-state index in [2.05, 4.69) is 0 Å². The van der Waals surface area contributed by atoms with Crippen LogP contribution in [0.2, 0.25) is 0 Å². The number of thioether (sulfide) groups is 1. The molecule has 0 saturated heterocycles. The van der Waals surface area contributed by atoms with Gasteiger partial charge in [0.05, 0.1) is 0 Å². The van der Waals surface area contributed by atoms with Gasteiger partial charge in [-0.05, 0) is 17.9 Å². The second kappa shape index (κ2) is 3.62. The van der Waals surface area contributed by atoms with Crippen molar-refractivity contribution in [3.8, 4) is 5.75 Å². The fraction of sp³-hybridized carbons (Fsp3) is 0.250. The summed E-state index contributed by atoms with van der Waals surface area (Å²) in [6, 6.07) is 4.06. The van der Waals surface area contributed by atoms with Crippen LogP contribution in [0.25, 0.3) is 0 Å². The summed E-state index contributed by atoms with van der Waals surface area (Å²) in [5.74, 6) is 0.477. The summed E-state index contributed by atoms with van der Waals surface area (Å²) in [7, 11) is 0. The Hall–Kier alpha value is -0.700. The lowest BCUT2D eigenvalue weighted by molar-refractivity contribution is 0.467. The predicted molar refractivity (Wildman–Crippen MR) is 44.5 cm³/mol. The van der Waals surface area contributed by atoms with E-state index in [0.29, 0.717) is 0 Å². The first-order chi connectivity index (χ1) is 5.22. The summed E-state index contributed by atoms with van der Waals surface area (Å²) in [5.41, 5.74) is 0. The molecular weight excluding hydrogens is 163 g/mol. The maximum absolute atomic E-state index is 12.6. The lowest BCUT2D eigenvalue weighted by Gasteiger charge is -1.98. The Morgan fingerprint density at radius 1 is 1.45 bits per heavy atom. The number of hydrogen-bond donors (Lipinski definition) is 1. The Morgan fingerprint density at radius 2 is 2.18 bits per heavy atom. The Bertz CT molecular complexity index is 230. The van der Waals surface area contributed by atoms with Crippen molar-refractivity contribution >= 4 is 11.8 Å². The highest BCUT2D eigenvalue weighted by molar-refractivity contribution is 7.99. The smallest absolute Gasteiger partial charge is 0.128 e. The highest BCUT2D eigenvalue weighted by atomic mass is 32.2. The molecule has 3 heteroatoms. The van der Waals surface area contributed by atoms with Gasteiger partial charge in [-0.3, -0.25) is 0 Å². The third-order valence-corrected chi connectivity index (χ3v) is 2.02. The molecule has 0 bridgehead atoms. The van der Waals surface area contributed by atoms with E-state index < -0.39 is 0 Å². The van der Waals surface area contributed by atoms with Crippen LogP contribution in [-0.4, -0.2) is 10.9 Å². The Labute approximate surface area is 69.2 Å². The quantitative estimate of drug-likeness (QED) is 0.692. The molecule has 0 unspecified atom stereocenters. The number of phenols is 1. The van der Waals surface area contributed by atoms with Crippen molar-refractivity contribution in [1.82, 2.24) is 0 Å². The highest BCUT2D eigenvalue weighted by Gasteiger charge is 1.98. The summed E-state index contributed by atoms with van der Waals surface area (Å²) < 4.78 is 12.6. The van der Waals surface area contributed by atoms with Gasteiger partial charge in [-0.1, -0.05) is 6.92 Å². The molecule has 60 valence electrons. The normalized spacial score (nSPS) is 10.0. The van der Waals surface area contributed by atoms with Crippen molar-refractivity contribution < 1.29 is 9.50 Å². The molecule has 0 amide bonds. The van der Waals surface area contributed by atoms with Crippen LogP contribution in [0.15, 0.2) is 23.1 Å². The van der Waals surface area contributed by atoms with Gasteiger partial charge in [-0.25, -0.2) is 4.39 Å². The molecule has 11 heavy (non-hydrogen) atoms. The Morgan fingerprint density at radius 3 is 2.73 bits per heavy atom. The molecule has 0 aliphatic carbocycles. The van der Waals surface area contributed by atoms with Crippen LogP contribution in [0, 0.1) is 5.82 Å². The van der Waals surface area contributed by atoms with E-state index in [1.807, 2.05) is 6.92 Å². The fourth-order valence-electron chi connectivity index (χ4n) is 0.798. The monoisotopic (exact) mass is 172 g/mol. The SMILES string of the molecule is CCSc1cc(O)cc(F)c1. The van der Waals surface area contributed by atoms with Gasteiger partial charge >= 0.3 is 0 Å². The molecule has 0 aromatic heterocycles. The van der Waals surface area contributed by atoms with Crippen molar-refractivity contribution in [2.45, 2.75) is 11.8 Å². The van der Waals surface area contributed by atoms with E-state index in [-0.39, 0.29) is 11.6 Å². The average Bonchev–Trinajstić information content (AvgIpc) is 1.85. The molecule has 0 saturated carbocycles. The molecule has 0 fully saturated rings. The largest absolute Gasteiger partial charge is 0.508 e. The highest BCUT2D eigenvalue weighted by Crippen LogP contribution is 2.23. The minimum atomic E-state index is -0.388. The number of halogens is 1. The van der Waals surface area contributed by atoms with E-state index in [0.717, 1.165) is 16.7 Å². The summed E-state index contributed by atoms with van der Waals surface area (Å²) >= 11 is 1.50. The van der Waals surface area contributed by atoms with Crippen LogP contribution < -0.4 is 0 Å². The number of rotatable bonds is 2. The lowest BCUT2D eigenvalue weighted by atomic mass is 10.3. The van der Waals surface area contributed by atoms with Crippen LogP contribution in [0.4, 0.5) is 4.39 Å². The maximum Gasteiger partial charge on any atom is 0.128 e. The molecule has 1 aromatic carbocycles. The van der Waals surface area contributed by atoms with Gasteiger partial charge in [-0.15, -0.1) is 11.8 Å². The van der Waals surface area contributed by atoms with Crippen molar-refractivity contribution in [1.29, 1.82) is 0 Å². The fourth-order valence-corrected chi connectivity index (χ4v) is 1.53. The summed E-state index contributed by atoms with van der Waals surface area (Å²) in [4.78, 5) is 0.769. The minimum Gasteiger partial charge on any atom is -0.508 e. The Kier molecular flexibility index (Phi) is 2.76. The van der Waals surface area contributed by atoms with Crippen molar-refractivity contribution in [2.24, 2.45) is 0 Å². The van der Waals surface area contributed by atoms with Gasteiger partial charge < -0.3 is 5.11 Å². The molecule has 0 aliphatic heterocycles. The molecule has 0 spiro atoms. The molecule has 0 aliphatic rings. The van der Waals surface area contributed by atoms with Gasteiger partial charge in [0.15, 0.2) is 0 Å². The first kappa shape index (κ1) is 8.40. The number of hydrogen-bond acceptors (Lipinski definition) is 2. The first-order valence-corrected chi connectivity index (χ1v) is 4.33.